The van der Waals surface area contributed by atoms with Gasteiger partial charge in [-0.05, 0) is 54.4 Å². The summed E-state index contributed by atoms with van der Waals surface area (Å²) in [6, 6.07) is 0. The molecular weight excluding hydrogens is 368 g/mol. The number of esters is 2. The Kier molecular flexibility index (Phi) is 7.39. The van der Waals surface area contributed by atoms with Gasteiger partial charge in [0.2, 0.25) is 0 Å². The van der Waals surface area contributed by atoms with Gasteiger partial charge >= 0.3 is 23.9 Å². The molecule has 0 aromatic heterocycles. The third-order valence-electron chi connectivity index (χ3n) is 5.39. The van der Waals surface area contributed by atoms with Crippen LogP contribution in [0.5, 0.6) is 0 Å². The number of carbonyl (C=O) groups is 4. The molecule has 0 amide bonds. The summed E-state index contributed by atoms with van der Waals surface area (Å²) in [6.45, 7) is 9.33. The SMILES string of the molecule is CC(C(=O)O)C(=O)OC(C)(C)C1CC=CCC1C(C)(C)OC(=O)C(C)C(=O)O. The maximum absolute atomic E-state index is 12.2. The Hall–Kier alpha value is -2.38. The van der Waals surface area contributed by atoms with Gasteiger partial charge in [-0.3, -0.25) is 19.2 Å². The van der Waals surface area contributed by atoms with E-state index < -0.39 is 46.9 Å². The average Bonchev–Trinajstić information content (AvgIpc) is 2.59. The molecule has 0 aromatic carbocycles. The Labute approximate surface area is 164 Å². The van der Waals surface area contributed by atoms with Crippen LogP contribution in [0.25, 0.3) is 0 Å². The molecule has 0 saturated carbocycles. The molecule has 8 heteroatoms. The zero-order chi connectivity index (χ0) is 21.9. The number of rotatable bonds is 8. The minimum Gasteiger partial charge on any atom is -0.481 e. The molecule has 1 aliphatic carbocycles. The lowest BCUT2D eigenvalue weighted by Gasteiger charge is -2.46. The second-order valence-corrected chi connectivity index (χ2v) is 8.32. The predicted molar refractivity (Wildman–Crippen MR) is 99.3 cm³/mol. The first kappa shape index (κ1) is 23.7. The summed E-state index contributed by atoms with van der Waals surface area (Å²) in [6.07, 6.45) is 4.97. The van der Waals surface area contributed by atoms with E-state index in [2.05, 4.69) is 0 Å². The van der Waals surface area contributed by atoms with E-state index >= 15 is 0 Å². The number of hydrogen-bond acceptors (Lipinski definition) is 6. The fraction of sp³-hybridized carbons (Fsp3) is 0.700. The summed E-state index contributed by atoms with van der Waals surface area (Å²) in [5, 5.41) is 18.0. The molecule has 4 unspecified atom stereocenters. The van der Waals surface area contributed by atoms with Gasteiger partial charge in [0.05, 0.1) is 0 Å². The lowest BCUT2D eigenvalue weighted by Crippen LogP contribution is -2.51. The summed E-state index contributed by atoms with van der Waals surface area (Å²) in [7, 11) is 0. The van der Waals surface area contributed by atoms with Crippen molar-refractivity contribution in [3.8, 4) is 0 Å². The maximum Gasteiger partial charge on any atom is 0.320 e. The van der Waals surface area contributed by atoms with E-state index in [0.29, 0.717) is 12.8 Å². The van der Waals surface area contributed by atoms with Crippen LogP contribution in [0, 0.1) is 23.7 Å². The zero-order valence-electron chi connectivity index (χ0n) is 17.2. The van der Waals surface area contributed by atoms with Gasteiger partial charge in [0.1, 0.15) is 11.2 Å². The van der Waals surface area contributed by atoms with Crippen LogP contribution in [0.15, 0.2) is 12.2 Å². The Morgan fingerprint density at radius 1 is 0.786 bits per heavy atom. The first-order valence-corrected chi connectivity index (χ1v) is 9.27. The summed E-state index contributed by atoms with van der Waals surface area (Å²) >= 11 is 0. The zero-order valence-corrected chi connectivity index (χ0v) is 17.2. The minimum atomic E-state index is -1.29. The highest BCUT2D eigenvalue weighted by molar-refractivity contribution is 5.94. The summed E-state index contributed by atoms with van der Waals surface area (Å²) < 4.78 is 11.1. The van der Waals surface area contributed by atoms with E-state index in [4.69, 9.17) is 19.7 Å². The fourth-order valence-electron chi connectivity index (χ4n) is 3.40. The van der Waals surface area contributed by atoms with Crippen molar-refractivity contribution in [2.45, 2.75) is 65.6 Å². The number of carboxylic acid groups (broad SMARTS) is 2. The molecule has 0 fully saturated rings. The largest absolute Gasteiger partial charge is 0.481 e. The van der Waals surface area contributed by atoms with Crippen LogP contribution in [-0.2, 0) is 28.7 Å². The number of carboxylic acids is 2. The van der Waals surface area contributed by atoms with Crippen LogP contribution in [-0.4, -0.2) is 45.3 Å². The van der Waals surface area contributed by atoms with Crippen molar-refractivity contribution in [3.05, 3.63) is 12.2 Å². The van der Waals surface area contributed by atoms with Gasteiger partial charge in [0.15, 0.2) is 11.8 Å². The first-order valence-electron chi connectivity index (χ1n) is 9.27. The summed E-state index contributed by atoms with van der Waals surface area (Å²) in [5.41, 5.74) is -2.03. The molecule has 4 atom stereocenters. The van der Waals surface area contributed by atoms with Crippen LogP contribution in [0.3, 0.4) is 0 Å². The number of allylic oxidation sites excluding steroid dienone is 2. The Morgan fingerprint density at radius 3 is 1.32 bits per heavy atom. The molecule has 8 nitrogen and oxygen atoms in total. The molecule has 0 radical (unpaired) electrons. The second-order valence-electron chi connectivity index (χ2n) is 8.32. The Morgan fingerprint density at radius 2 is 1.07 bits per heavy atom. The molecule has 0 bridgehead atoms. The number of hydrogen-bond donors (Lipinski definition) is 2. The molecule has 28 heavy (non-hydrogen) atoms. The predicted octanol–water partition coefficient (Wildman–Crippen LogP) is 2.65. The van der Waals surface area contributed by atoms with Gasteiger partial charge in [-0.15, -0.1) is 0 Å². The van der Waals surface area contributed by atoms with Gasteiger partial charge in [-0.25, -0.2) is 0 Å². The molecule has 1 aliphatic rings. The van der Waals surface area contributed by atoms with E-state index in [9.17, 15) is 19.2 Å². The molecular formula is C20H30O8. The summed E-state index contributed by atoms with van der Waals surface area (Å²) in [4.78, 5) is 46.4. The van der Waals surface area contributed by atoms with Crippen molar-refractivity contribution in [1.82, 2.24) is 0 Å². The van der Waals surface area contributed by atoms with Gasteiger partial charge in [0, 0.05) is 11.8 Å². The molecule has 0 saturated heterocycles. The molecule has 0 aliphatic heterocycles. The highest BCUT2D eigenvalue weighted by Crippen LogP contribution is 2.43. The molecule has 0 heterocycles. The molecule has 2 N–H and O–H groups in total. The van der Waals surface area contributed by atoms with E-state index in [1.165, 1.54) is 13.8 Å². The van der Waals surface area contributed by atoms with E-state index in [1.807, 2.05) is 12.2 Å². The van der Waals surface area contributed by atoms with E-state index in [0.717, 1.165) is 0 Å². The van der Waals surface area contributed by atoms with Crippen molar-refractivity contribution in [2.24, 2.45) is 23.7 Å². The molecule has 1 rings (SSSR count). The first-order chi connectivity index (χ1) is 12.7. The molecule has 0 aromatic rings. The molecule has 0 spiro atoms. The molecule has 158 valence electrons. The third-order valence-corrected chi connectivity index (χ3v) is 5.39. The van der Waals surface area contributed by atoms with Crippen LogP contribution in [0.2, 0.25) is 0 Å². The quantitative estimate of drug-likeness (QED) is 0.363. The number of aliphatic carboxylic acids is 2. The fourth-order valence-corrected chi connectivity index (χ4v) is 3.40. The van der Waals surface area contributed by atoms with Crippen molar-refractivity contribution in [3.63, 3.8) is 0 Å². The van der Waals surface area contributed by atoms with Gasteiger partial charge in [-0.1, -0.05) is 12.2 Å². The average molecular weight is 398 g/mol. The number of ether oxygens (including phenoxy) is 2. The Bertz CT molecular complexity index is 605. The lowest BCUT2D eigenvalue weighted by atomic mass is 9.67. The Balaban J connectivity index is 3.05. The van der Waals surface area contributed by atoms with Crippen LogP contribution in [0.1, 0.15) is 54.4 Å². The standard InChI is InChI=1S/C20H30O8/c1-11(15(21)22)17(25)27-19(3,4)13-9-7-8-10-14(13)20(5,6)28-18(26)12(2)16(23)24/h7-8,11-14H,9-10H2,1-6H3,(H,21,22)(H,23,24). The van der Waals surface area contributed by atoms with Crippen molar-refractivity contribution < 1.29 is 38.9 Å². The highest BCUT2D eigenvalue weighted by atomic mass is 16.6. The summed E-state index contributed by atoms with van der Waals surface area (Å²) in [5.74, 6) is -7.30. The topological polar surface area (TPSA) is 127 Å². The lowest BCUT2D eigenvalue weighted by molar-refractivity contribution is -0.187. The third kappa shape index (κ3) is 5.56. The smallest absolute Gasteiger partial charge is 0.320 e. The van der Waals surface area contributed by atoms with Gasteiger partial charge in [-0.2, -0.15) is 0 Å². The van der Waals surface area contributed by atoms with Gasteiger partial charge < -0.3 is 19.7 Å². The van der Waals surface area contributed by atoms with E-state index in [-0.39, 0.29) is 11.8 Å². The van der Waals surface area contributed by atoms with Crippen LogP contribution < -0.4 is 0 Å². The monoisotopic (exact) mass is 398 g/mol. The second kappa shape index (κ2) is 8.75. The van der Waals surface area contributed by atoms with Gasteiger partial charge in [0.25, 0.3) is 0 Å². The number of carbonyl (C=O) groups excluding carboxylic acids is 2. The minimum absolute atomic E-state index is 0.259. The van der Waals surface area contributed by atoms with Crippen molar-refractivity contribution in [2.75, 3.05) is 0 Å². The van der Waals surface area contributed by atoms with E-state index in [1.54, 1.807) is 27.7 Å². The van der Waals surface area contributed by atoms with Crippen molar-refractivity contribution >= 4 is 23.9 Å². The maximum atomic E-state index is 12.2. The van der Waals surface area contributed by atoms with Crippen LogP contribution in [0.4, 0.5) is 0 Å². The normalized spacial score (nSPS) is 22.1. The van der Waals surface area contributed by atoms with Crippen molar-refractivity contribution in [1.29, 1.82) is 0 Å². The van der Waals surface area contributed by atoms with Crippen LogP contribution >= 0.6 is 0 Å². The highest BCUT2D eigenvalue weighted by Gasteiger charge is 2.48.